The lowest BCUT2D eigenvalue weighted by molar-refractivity contribution is -0.870. The van der Waals surface area contributed by atoms with Gasteiger partial charge in [0.1, 0.15) is 24.5 Å². The predicted molar refractivity (Wildman–Crippen MR) is 119 cm³/mol. The molecule has 1 rings (SSSR count). The number of likely N-dealkylation sites (N-methyl/N-ethyl adjacent to an activating group) is 2. The summed E-state index contributed by atoms with van der Waals surface area (Å²) in [6.07, 6.45) is 0. The van der Waals surface area contributed by atoms with Gasteiger partial charge < -0.3 is 66.6 Å². The summed E-state index contributed by atoms with van der Waals surface area (Å²) in [6.45, 7) is 4.76. The van der Waals surface area contributed by atoms with Crippen LogP contribution in [0.4, 0.5) is 0 Å². The van der Waals surface area contributed by atoms with Crippen molar-refractivity contribution in [3.8, 4) is 0 Å². The van der Waals surface area contributed by atoms with Gasteiger partial charge in [-0.25, -0.2) is 0 Å². The molecule has 9 heteroatoms. The van der Waals surface area contributed by atoms with Gasteiger partial charge in [0.15, 0.2) is 13.2 Å². The summed E-state index contributed by atoms with van der Waals surface area (Å²) in [5.41, 5.74) is 2.37. The monoisotopic (exact) mass is 732 g/mol. The third-order valence-electron chi connectivity index (χ3n) is 3.45. The largest absolute Gasteiger partial charge is 1.00 e. The highest BCUT2D eigenvalue weighted by molar-refractivity contribution is 14.0. The van der Waals surface area contributed by atoms with E-state index in [1.165, 1.54) is 0 Å². The van der Waals surface area contributed by atoms with E-state index in [0.717, 1.165) is 27.6 Å². The van der Waals surface area contributed by atoms with E-state index in [2.05, 4.69) is 52.6 Å². The van der Waals surface area contributed by atoms with Crippen LogP contribution < -0.4 is 48.0 Å². The molecule has 1 aromatic carbocycles. The molecule has 0 saturated carbocycles. The Morgan fingerprint density at radius 2 is 1.21 bits per heavy atom. The van der Waals surface area contributed by atoms with E-state index in [1.807, 2.05) is 37.3 Å². The average Bonchev–Trinajstić information content (AvgIpc) is 2.50. The van der Waals surface area contributed by atoms with E-state index in [1.54, 1.807) is 0 Å². The molecule has 6 nitrogen and oxygen atoms in total. The van der Waals surface area contributed by atoms with Crippen LogP contribution >= 0.6 is 24.0 Å². The molecule has 0 bridgehead atoms. The molecule has 0 aliphatic rings. The van der Waals surface area contributed by atoms with Gasteiger partial charge in [0.2, 0.25) is 0 Å². The van der Waals surface area contributed by atoms with Gasteiger partial charge in [-0.2, -0.15) is 0 Å². The molecule has 0 unspecified atom stereocenters. The number of rotatable bonds is 10. The highest BCUT2D eigenvalue weighted by Gasteiger charge is 2.12. The summed E-state index contributed by atoms with van der Waals surface area (Å²) >= 11 is 0. The van der Waals surface area contributed by atoms with Crippen molar-refractivity contribution in [3.63, 3.8) is 0 Å². The summed E-state index contributed by atoms with van der Waals surface area (Å²) in [7, 11) is 12.7. The molecule has 0 atom stereocenters. The van der Waals surface area contributed by atoms with E-state index < -0.39 is 0 Å². The molecule has 0 heterocycles. The fourth-order valence-electron chi connectivity index (χ4n) is 1.85. The molecule has 28 heavy (non-hydrogen) atoms. The first-order chi connectivity index (χ1) is 11.6. The number of oxime groups is 2. The number of benzene rings is 1. The van der Waals surface area contributed by atoms with Gasteiger partial charge in [-0.3, -0.25) is 0 Å². The van der Waals surface area contributed by atoms with Gasteiger partial charge in [-0.15, -0.1) is 24.0 Å². The molecule has 0 radical (unpaired) electrons. The Morgan fingerprint density at radius 3 is 1.64 bits per heavy atom. The maximum atomic E-state index is 5.54. The highest BCUT2D eigenvalue weighted by Crippen LogP contribution is 2.05. The Hall–Kier alpha value is 0.270. The van der Waals surface area contributed by atoms with Crippen molar-refractivity contribution in [2.45, 2.75) is 6.92 Å². The first-order valence-corrected chi connectivity index (χ1v) is 8.62. The maximum absolute atomic E-state index is 5.54. The fraction of sp³-hybridized carbons (Fsp3) is 0.579. The third-order valence-corrected chi connectivity index (χ3v) is 3.45. The van der Waals surface area contributed by atoms with Crippen LogP contribution in [0.25, 0.3) is 0 Å². The number of halogens is 3. The van der Waals surface area contributed by atoms with Crippen molar-refractivity contribution in [1.29, 1.82) is 0 Å². The molecule has 0 aliphatic heterocycles. The summed E-state index contributed by atoms with van der Waals surface area (Å²) in [5.74, 6) is 0. The topological polar surface area (TPSA) is 43.2 Å². The van der Waals surface area contributed by atoms with Crippen LogP contribution in [-0.2, 0) is 9.68 Å². The normalized spacial score (nSPS) is 12.2. The molecule has 0 aromatic heterocycles. The zero-order valence-corrected chi connectivity index (χ0v) is 24.6. The van der Waals surface area contributed by atoms with Crippen molar-refractivity contribution >= 4 is 35.4 Å². The first kappa shape index (κ1) is 32.9. The summed E-state index contributed by atoms with van der Waals surface area (Å²) < 4.78 is 1.67. The molecule has 0 fully saturated rings. The lowest BCUT2D eigenvalue weighted by Gasteiger charge is -2.23. The Labute approximate surface area is 221 Å². The molecule has 164 valence electrons. The van der Waals surface area contributed by atoms with Crippen molar-refractivity contribution in [1.82, 2.24) is 0 Å². The maximum Gasteiger partial charge on any atom is 0.165 e. The lowest BCUT2D eigenvalue weighted by Crippen LogP contribution is -3.00. The summed E-state index contributed by atoms with van der Waals surface area (Å²) in [4.78, 5) is 11.0. The Balaban J connectivity index is -0.00000208. The van der Waals surface area contributed by atoms with Gasteiger partial charge in [0.05, 0.1) is 42.3 Å². The van der Waals surface area contributed by atoms with Gasteiger partial charge >= 0.3 is 0 Å². The molecular formula is C19H35I3N4O2. The zero-order valence-electron chi connectivity index (χ0n) is 18.0. The third kappa shape index (κ3) is 16.1. The minimum atomic E-state index is 0. The van der Waals surface area contributed by atoms with Gasteiger partial charge in [-0.05, 0) is 6.92 Å². The molecular weight excluding hydrogens is 697 g/mol. The quantitative estimate of drug-likeness (QED) is 0.0840. The van der Waals surface area contributed by atoms with Crippen LogP contribution in [0.15, 0.2) is 40.6 Å². The predicted octanol–water partition coefficient (Wildman–Crippen LogP) is -3.16. The van der Waals surface area contributed by atoms with E-state index in [0.29, 0.717) is 24.6 Å². The molecule has 0 spiro atoms. The Bertz CT molecular complexity index is 583. The summed E-state index contributed by atoms with van der Waals surface area (Å²) in [6, 6.07) is 9.91. The molecule has 0 N–H and O–H groups in total. The second-order valence-electron chi connectivity index (χ2n) is 8.18. The first-order valence-electron chi connectivity index (χ1n) is 8.62. The van der Waals surface area contributed by atoms with Gasteiger partial charge in [-0.1, -0.05) is 40.6 Å². The van der Waals surface area contributed by atoms with Crippen molar-refractivity contribution in [3.05, 3.63) is 35.9 Å². The van der Waals surface area contributed by atoms with Crippen LogP contribution in [0.2, 0.25) is 0 Å². The second kappa shape index (κ2) is 16.0. The minimum Gasteiger partial charge on any atom is -1.00 e. The number of hydrogen-bond acceptors (Lipinski definition) is 4. The summed E-state index contributed by atoms with van der Waals surface area (Å²) in [5, 5.41) is 8.54. The molecule has 0 amide bonds. The minimum absolute atomic E-state index is 0. The second-order valence-corrected chi connectivity index (χ2v) is 8.18. The standard InChI is InChI=1S/C19H34N4O2.3HI/c1-17(20-24-15-13-22(2,3)4)19(18-11-9-8-10-12-18)21-25-16-14-23(5,6)7;;;/h8-12H,13-16H2,1-7H3;3*1H/q+2;;;/p-2/b20-17+,21-19+;;;. The van der Waals surface area contributed by atoms with E-state index in [4.69, 9.17) is 9.68 Å². The van der Waals surface area contributed by atoms with Crippen LogP contribution in [0.1, 0.15) is 12.5 Å². The van der Waals surface area contributed by atoms with Crippen molar-refractivity contribution in [2.24, 2.45) is 10.3 Å². The fourth-order valence-corrected chi connectivity index (χ4v) is 1.85. The number of hydrogen-bond donors (Lipinski definition) is 0. The number of nitrogens with zero attached hydrogens (tertiary/aromatic N) is 4. The molecule has 0 aliphatic carbocycles. The number of quaternary nitrogens is 2. The van der Waals surface area contributed by atoms with Crippen LogP contribution in [-0.4, -0.2) is 89.0 Å². The highest BCUT2D eigenvalue weighted by atomic mass is 127. The lowest BCUT2D eigenvalue weighted by atomic mass is 10.1. The van der Waals surface area contributed by atoms with E-state index >= 15 is 0 Å². The Kier molecular flexibility index (Phi) is 18.8. The Morgan fingerprint density at radius 1 is 0.786 bits per heavy atom. The van der Waals surface area contributed by atoms with Crippen molar-refractivity contribution < 1.29 is 66.6 Å². The molecule has 1 aromatic rings. The van der Waals surface area contributed by atoms with Crippen molar-refractivity contribution in [2.75, 3.05) is 68.6 Å². The zero-order chi connectivity index (χ0) is 18.9. The van der Waals surface area contributed by atoms with Crippen LogP contribution in [0, 0.1) is 0 Å². The van der Waals surface area contributed by atoms with E-state index in [-0.39, 0.29) is 71.9 Å². The SMILES string of the molecule is CC(=N\OCC[N+](C)(C)C)/C(=N\OCC[N+](C)(C)C)c1ccccc1.I.[I-].[I-]. The van der Waals surface area contributed by atoms with Crippen LogP contribution in [0.5, 0.6) is 0 Å². The van der Waals surface area contributed by atoms with Gasteiger partial charge in [0.25, 0.3) is 0 Å². The average molecular weight is 732 g/mol. The molecule has 0 saturated heterocycles. The van der Waals surface area contributed by atoms with E-state index in [9.17, 15) is 0 Å². The smallest absolute Gasteiger partial charge is 0.165 e. The van der Waals surface area contributed by atoms with Gasteiger partial charge in [0, 0.05) is 5.56 Å². The van der Waals surface area contributed by atoms with Crippen LogP contribution in [0.3, 0.4) is 0 Å².